The molecule has 0 bridgehead atoms. The molecule has 0 saturated carbocycles. The number of nitrogens with one attached hydrogen (secondary N) is 1. The number of nitrogens with zero attached hydrogens (tertiary/aromatic N) is 1. The molecule has 4 rings (SSSR count). The van der Waals surface area contributed by atoms with Gasteiger partial charge >= 0.3 is 0 Å². The fourth-order valence-corrected chi connectivity index (χ4v) is 5.28. The molecule has 0 spiro atoms. The molecule has 6 heteroatoms. The van der Waals surface area contributed by atoms with E-state index < -0.39 is 0 Å². The van der Waals surface area contributed by atoms with E-state index in [9.17, 15) is 4.79 Å². The second-order valence-electron chi connectivity index (χ2n) is 6.92. The number of hydrogen-bond acceptors (Lipinski definition) is 3. The van der Waals surface area contributed by atoms with Crippen molar-refractivity contribution in [1.29, 1.82) is 0 Å². The maximum absolute atomic E-state index is 12.7. The number of halogens is 2. The lowest BCUT2D eigenvalue weighted by atomic mass is 10.0. The number of piperidine rings is 1. The normalized spacial score (nSPS) is 17.3. The van der Waals surface area contributed by atoms with Gasteiger partial charge in [0, 0.05) is 39.1 Å². The summed E-state index contributed by atoms with van der Waals surface area (Å²) in [6.07, 6.45) is 3.76. The monoisotopic (exact) mass is 418 g/mol. The van der Waals surface area contributed by atoms with Crippen molar-refractivity contribution in [3.63, 3.8) is 0 Å². The molecule has 1 fully saturated rings. The smallest absolute Gasteiger partial charge is 0.267 e. The molecule has 0 radical (unpaired) electrons. The van der Waals surface area contributed by atoms with Crippen LogP contribution in [-0.4, -0.2) is 18.5 Å². The molecule has 3 aromatic rings. The predicted molar refractivity (Wildman–Crippen MR) is 117 cm³/mol. The zero-order valence-corrected chi connectivity index (χ0v) is 17.3. The summed E-state index contributed by atoms with van der Waals surface area (Å²) in [5.74, 6) is -0.198. The molecule has 1 saturated heterocycles. The van der Waals surface area contributed by atoms with E-state index in [0.29, 0.717) is 21.0 Å². The molecule has 2 aromatic carbocycles. The van der Waals surface area contributed by atoms with E-state index in [0.717, 1.165) is 22.3 Å². The lowest BCUT2D eigenvalue weighted by Crippen LogP contribution is -2.37. The quantitative estimate of drug-likeness (QED) is 0.504. The van der Waals surface area contributed by atoms with Crippen molar-refractivity contribution in [2.75, 3.05) is 16.8 Å². The number of rotatable bonds is 3. The highest BCUT2D eigenvalue weighted by molar-refractivity contribution is 7.21. The summed E-state index contributed by atoms with van der Waals surface area (Å²) in [7, 11) is 0. The van der Waals surface area contributed by atoms with Crippen LogP contribution >= 0.6 is 34.5 Å². The van der Waals surface area contributed by atoms with Crippen molar-refractivity contribution >= 4 is 61.9 Å². The van der Waals surface area contributed by atoms with Gasteiger partial charge in [-0.15, -0.1) is 11.3 Å². The number of hydrogen-bond donors (Lipinski definition) is 1. The SMILES string of the molecule is CC1CCCCN1c1ccc(NC(=O)c2sc3cc(Cl)ccc3c2Cl)cc1. The first-order valence-electron chi connectivity index (χ1n) is 9.08. The Balaban J connectivity index is 1.52. The highest BCUT2D eigenvalue weighted by atomic mass is 35.5. The van der Waals surface area contributed by atoms with Crippen molar-refractivity contribution in [3.8, 4) is 0 Å². The molecule has 1 atom stereocenters. The van der Waals surface area contributed by atoms with Gasteiger partial charge in [0.1, 0.15) is 4.88 Å². The summed E-state index contributed by atoms with van der Waals surface area (Å²) < 4.78 is 0.909. The zero-order chi connectivity index (χ0) is 19.0. The Kier molecular flexibility index (Phi) is 5.31. The summed E-state index contributed by atoms with van der Waals surface area (Å²) in [4.78, 5) is 15.6. The fraction of sp³-hybridized carbons (Fsp3) is 0.286. The van der Waals surface area contributed by atoms with Crippen molar-refractivity contribution in [3.05, 3.63) is 57.4 Å². The first-order chi connectivity index (χ1) is 13.0. The minimum absolute atomic E-state index is 0.198. The molecule has 1 aliphatic rings. The number of benzene rings is 2. The minimum Gasteiger partial charge on any atom is -0.369 e. The number of carbonyl (C=O) groups is 1. The fourth-order valence-electron chi connectivity index (χ4n) is 3.59. The van der Waals surface area contributed by atoms with Crippen LogP contribution in [0.3, 0.4) is 0 Å². The third-order valence-electron chi connectivity index (χ3n) is 5.06. The van der Waals surface area contributed by atoms with Crippen molar-refractivity contribution in [2.24, 2.45) is 0 Å². The summed E-state index contributed by atoms with van der Waals surface area (Å²) >= 11 is 13.8. The Morgan fingerprint density at radius 3 is 2.67 bits per heavy atom. The second kappa shape index (κ2) is 7.70. The topological polar surface area (TPSA) is 32.3 Å². The molecule has 1 N–H and O–H groups in total. The molecule has 27 heavy (non-hydrogen) atoms. The first kappa shape index (κ1) is 18.6. The summed E-state index contributed by atoms with van der Waals surface area (Å²) in [6, 6.07) is 14.1. The molecule has 1 unspecified atom stereocenters. The van der Waals surface area contributed by atoms with Gasteiger partial charge in [0.05, 0.1) is 5.02 Å². The zero-order valence-electron chi connectivity index (χ0n) is 15.0. The van der Waals surface area contributed by atoms with Gasteiger partial charge in [-0.05, 0) is 62.6 Å². The van der Waals surface area contributed by atoms with Crippen LogP contribution in [0, 0.1) is 0 Å². The standard InChI is InChI=1S/C21H20Cl2N2OS/c1-13-4-2-3-11-25(13)16-8-6-15(7-9-16)24-21(26)20-19(23)17-10-5-14(22)12-18(17)27-20/h5-10,12-13H,2-4,11H2,1H3,(H,24,26). The maximum Gasteiger partial charge on any atom is 0.267 e. The lowest BCUT2D eigenvalue weighted by Gasteiger charge is -2.35. The van der Waals surface area contributed by atoms with Crippen molar-refractivity contribution in [1.82, 2.24) is 0 Å². The van der Waals surface area contributed by atoms with E-state index in [4.69, 9.17) is 23.2 Å². The van der Waals surface area contributed by atoms with Gasteiger partial charge in [0.25, 0.3) is 5.91 Å². The molecule has 3 nitrogen and oxygen atoms in total. The van der Waals surface area contributed by atoms with Crippen LogP contribution in [0.15, 0.2) is 42.5 Å². The minimum atomic E-state index is -0.198. The van der Waals surface area contributed by atoms with Crippen LogP contribution in [-0.2, 0) is 0 Å². The average molecular weight is 419 g/mol. The molecule has 0 aliphatic carbocycles. The Morgan fingerprint density at radius 1 is 1.15 bits per heavy atom. The van der Waals surface area contributed by atoms with Gasteiger partial charge in [-0.3, -0.25) is 4.79 Å². The average Bonchev–Trinajstić information content (AvgIpc) is 2.99. The van der Waals surface area contributed by atoms with Crippen molar-refractivity contribution < 1.29 is 4.79 Å². The largest absolute Gasteiger partial charge is 0.369 e. The number of fused-ring (bicyclic) bond motifs is 1. The Morgan fingerprint density at radius 2 is 1.93 bits per heavy atom. The third-order valence-corrected chi connectivity index (χ3v) is 6.95. The molecular weight excluding hydrogens is 399 g/mol. The Hall–Kier alpha value is -1.75. The van der Waals surface area contributed by atoms with Crippen LogP contribution in [0.2, 0.25) is 10.0 Å². The molecular formula is C21H20Cl2N2OS. The highest BCUT2D eigenvalue weighted by Gasteiger charge is 2.20. The van der Waals surface area contributed by atoms with Gasteiger partial charge in [-0.25, -0.2) is 0 Å². The summed E-state index contributed by atoms with van der Waals surface area (Å²) in [5.41, 5.74) is 1.97. The number of amides is 1. The van der Waals surface area contributed by atoms with E-state index in [1.165, 1.54) is 36.3 Å². The van der Waals surface area contributed by atoms with Gasteiger partial charge in [-0.2, -0.15) is 0 Å². The second-order valence-corrected chi connectivity index (χ2v) is 8.79. The predicted octanol–water partition coefficient (Wildman–Crippen LogP) is 6.84. The number of thiophene rings is 1. The Labute approximate surface area is 172 Å². The van der Waals surface area contributed by atoms with E-state index in [2.05, 4.69) is 29.3 Å². The van der Waals surface area contributed by atoms with Gasteiger partial charge in [0.2, 0.25) is 0 Å². The summed E-state index contributed by atoms with van der Waals surface area (Å²) in [6.45, 7) is 3.36. The maximum atomic E-state index is 12.7. The molecule has 1 aromatic heterocycles. The number of carbonyl (C=O) groups excluding carboxylic acids is 1. The van der Waals surface area contributed by atoms with Crippen LogP contribution in [0.1, 0.15) is 35.9 Å². The van der Waals surface area contributed by atoms with Crippen molar-refractivity contribution in [2.45, 2.75) is 32.2 Å². The number of anilines is 2. The van der Waals surface area contributed by atoms with E-state index >= 15 is 0 Å². The van der Waals surface area contributed by atoms with E-state index in [1.807, 2.05) is 24.3 Å². The van der Waals surface area contributed by atoms with Gasteiger partial charge in [0.15, 0.2) is 0 Å². The van der Waals surface area contributed by atoms with E-state index in [-0.39, 0.29) is 5.91 Å². The van der Waals surface area contributed by atoms with Gasteiger partial charge in [-0.1, -0.05) is 29.3 Å². The summed E-state index contributed by atoms with van der Waals surface area (Å²) in [5, 5.41) is 4.91. The first-order valence-corrected chi connectivity index (χ1v) is 10.7. The van der Waals surface area contributed by atoms with Gasteiger partial charge < -0.3 is 10.2 Å². The van der Waals surface area contributed by atoms with Crippen LogP contribution < -0.4 is 10.2 Å². The molecule has 1 amide bonds. The van der Waals surface area contributed by atoms with E-state index in [1.54, 1.807) is 6.07 Å². The molecule has 140 valence electrons. The molecule has 2 heterocycles. The third kappa shape index (κ3) is 3.79. The van der Waals surface area contributed by atoms with Crippen LogP contribution in [0.25, 0.3) is 10.1 Å². The lowest BCUT2D eigenvalue weighted by molar-refractivity contribution is 0.103. The molecule has 1 aliphatic heterocycles. The van der Waals surface area contributed by atoms with Crippen LogP contribution in [0.5, 0.6) is 0 Å². The highest BCUT2D eigenvalue weighted by Crippen LogP contribution is 2.37. The van der Waals surface area contributed by atoms with Crippen LogP contribution in [0.4, 0.5) is 11.4 Å². The Bertz CT molecular complexity index is 984.